The normalized spacial score (nSPS) is 11.2. The van der Waals surface area contributed by atoms with Gasteiger partial charge in [0.25, 0.3) is 11.9 Å². The lowest BCUT2D eigenvalue weighted by atomic mass is 10.1. The van der Waals surface area contributed by atoms with Crippen LogP contribution in [0.2, 0.25) is 0 Å². The summed E-state index contributed by atoms with van der Waals surface area (Å²) in [5.74, 6) is -0.773. The molecule has 0 bridgehead atoms. The molecule has 1 heterocycles. The summed E-state index contributed by atoms with van der Waals surface area (Å²) in [6.45, 7) is -0.813. The number of aromatic nitrogens is 1. The molecule has 0 saturated heterocycles. The number of rotatable bonds is 10. The lowest BCUT2D eigenvalue weighted by molar-refractivity contribution is -0.0498. The fourth-order valence-corrected chi connectivity index (χ4v) is 3.63. The highest BCUT2D eigenvalue weighted by Gasteiger charge is 2.23. The van der Waals surface area contributed by atoms with E-state index in [2.05, 4.69) is 15.8 Å². The van der Waals surface area contributed by atoms with Crippen LogP contribution in [-0.2, 0) is 23.0 Å². The summed E-state index contributed by atoms with van der Waals surface area (Å²) < 4.78 is 59.6. The van der Waals surface area contributed by atoms with Crippen LogP contribution < -0.4 is 14.4 Å². The number of benzene rings is 2. The number of aryl methyl sites for hydroxylation is 1. The Bertz CT molecular complexity index is 1320. The number of nitriles is 1. The molecule has 1 aromatic heterocycles. The van der Waals surface area contributed by atoms with Crippen molar-refractivity contribution in [1.82, 2.24) is 9.71 Å². The first-order valence-electron chi connectivity index (χ1n) is 10.3. The smallest absolute Gasteiger partial charge is 0.387 e. The van der Waals surface area contributed by atoms with E-state index in [4.69, 9.17) is 9.68 Å². The van der Waals surface area contributed by atoms with Crippen LogP contribution in [0.25, 0.3) is 0 Å². The molecule has 3 aromatic rings. The van der Waals surface area contributed by atoms with E-state index in [0.717, 1.165) is 17.4 Å². The van der Waals surface area contributed by atoms with Gasteiger partial charge in [-0.25, -0.2) is 13.1 Å². The van der Waals surface area contributed by atoms with Crippen molar-refractivity contribution in [3.63, 3.8) is 0 Å². The molecule has 9 nitrogen and oxygen atoms in total. The first-order chi connectivity index (χ1) is 16.5. The molecule has 0 spiro atoms. The summed E-state index contributed by atoms with van der Waals surface area (Å²) in [6.07, 6.45) is 1.39. The van der Waals surface area contributed by atoms with Crippen LogP contribution in [0.5, 0.6) is 5.75 Å². The molecule has 0 saturated carbocycles. The van der Waals surface area contributed by atoms with E-state index in [1.54, 1.807) is 29.2 Å². The zero-order valence-corrected chi connectivity index (χ0v) is 19.7. The average Bonchev–Trinajstić information content (AvgIpc) is 3.18. The van der Waals surface area contributed by atoms with Crippen LogP contribution in [0.4, 0.5) is 14.8 Å². The molecule has 184 valence electrons. The molecule has 0 unspecified atom stereocenters. The van der Waals surface area contributed by atoms with E-state index >= 15 is 0 Å². The van der Waals surface area contributed by atoms with E-state index in [1.807, 2.05) is 16.9 Å². The van der Waals surface area contributed by atoms with Crippen molar-refractivity contribution in [2.75, 3.05) is 17.7 Å². The van der Waals surface area contributed by atoms with Gasteiger partial charge in [-0.15, -0.1) is 0 Å². The predicted octanol–water partition coefficient (Wildman–Crippen LogP) is 3.39. The summed E-state index contributed by atoms with van der Waals surface area (Å²) in [5.41, 5.74) is 2.02. The Morgan fingerprint density at radius 3 is 2.37 bits per heavy atom. The third-order valence-electron chi connectivity index (χ3n) is 4.82. The van der Waals surface area contributed by atoms with Gasteiger partial charge in [-0.05, 0) is 48.7 Å². The molecule has 1 amide bonds. The van der Waals surface area contributed by atoms with Crippen LogP contribution in [0, 0.1) is 18.3 Å². The van der Waals surface area contributed by atoms with Crippen LogP contribution in [0.15, 0.2) is 52.9 Å². The van der Waals surface area contributed by atoms with Gasteiger partial charge in [-0.3, -0.25) is 4.79 Å². The van der Waals surface area contributed by atoms with Crippen molar-refractivity contribution in [2.45, 2.75) is 26.5 Å². The van der Waals surface area contributed by atoms with Crippen LogP contribution in [0.1, 0.15) is 32.9 Å². The maximum absolute atomic E-state index is 12.4. The zero-order valence-electron chi connectivity index (χ0n) is 18.9. The van der Waals surface area contributed by atoms with Crippen molar-refractivity contribution in [3.8, 4) is 11.8 Å². The van der Waals surface area contributed by atoms with Crippen LogP contribution in [0.3, 0.4) is 0 Å². The summed E-state index contributed by atoms with van der Waals surface area (Å²) in [4.78, 5) is 18.2. The highest BCUT2D eigenvalue weighted by Crippen LogP contribution is 2.23. The largest absolute Gasteiger partial charge is 0.435 e. The van der Waals surface area contributed by atoms with Crippen molar-refractivity contribution in [1.29, 1.82) is 5.26 Å². The number of carbonyl (C=O) groups excluding carboxylic acids is 1. The Labute approximate surface area is 201 Å². The fraction of sp³-hybridized carbons (Fsp3) is 0.261. The Morgan fingerprint density at radius 1 is 1.17 bits per heavy atom. The lowest BCUT2D eigenvalue weighted by Gasteiger charge is -2.21. The van der Waals surface area contributed by atoms with Gasteiger partial charge in [-0.2, -0.15) is 19.0 Å². The highest BCUT2D eigenvalue weighted by atomic mass is 32.2. The number of anilines is 1. The second-order valence-corrected chi connectivity index (χ2v) is 9.36. The molecule has 0 aliphatic rings. The Balaban J connectivity index is 1.85. The number of oxazole rings is 1. The molecule has 0 atom stereocenters. The number of hydrogen-bond acceptors (Lipinski definition) is 8. The van der Waals surface area contributed by atoms with E-state index in [-0.39, 0.29) is 29.8 Å². The zero-order chi connectivity index (χ0) is 25.6. The maximum Gasteiger partial charge on any atom is 0.387 e. The van der Waals surface area contributed by atoms with Crippen molar-refractivity contribution in [3.05, 3.63) is 76.7 Å². The molecule has 35 heavy (non-hydrogen) atoms. The van der Waals surface area contributed by atoms with E-state index < -0.39 is 22.5 Å². The average molecular weight is 505 g/mol. The predicted molar refractivity (Wildman–Crippen MR) is 123 cm³/mol. The molecule has 0 radical (unpaired) electrons. The number of amides is 1. The van der Waals surface area contributed by atoms with E-state index in [1.165, 1.54) is 19.1 Å². The Hall–Kier alpha value is -3.98. The second-order valence-electron chi connectivity index (χ2n) is 7.61. The summed E-state index contributed by atoms with van der Waals surface area (Å²) in [7, 11) is -3.80. The molecule has 3 rings (SSSR count). The van der Waals surface area contributed by atoms with E-state index in [0.29, 0.717) is 18.5 Å². The lowest BCUT2D eigenvalue weighted by Crippen LogP contribution is -2.30. The van der Waals surface area contributed by atoms with Crippen LogP contribution in [-0.4, -0.2) is 38.7 Å². The first-order valence-corrected chi connectivity index (χ1v) is 12.2. The standard InChI is InChI=1S/C23H22F2N4O5S/c1-15-20(21(30)28-35(2,31)32)27-23(33-15)29(12-11-16-3-5-17(13-26)6-4-16)14-18-7-9-19(10-8-18)34-22(24)25/h3-10,22H,11-12,14H2,1-2H3,(H,28,30). The molecule has 0 fully saturated rings. The van der Waals surface area contributed by atoms with Gasteiger partial charge >= 0.3 is 6.61 Å². The molecule has 2 aromatic carbocycles. The maximum atomic E-state index is 12.4. The van der Waals surface area contributed by atoms with Crippen molar-refractivity contribution in [2.24, 2.45) is 0 Å². The number of carbonyl (C=O) groups is 1. The summed E-state index contributed by atoms with van der Waals surface area (Å²) in [6, 6.07) is 15.2. The van der Waals surface area contributed by atoms with Crippen LogP contribution >= 0.6 is 0 Å². The van der Waals surface area contributed by atoms with E-state index in [9.17, 15) is 22.0 Å². The molecular formula is C23H22F2N4O5S. The Kier molecular flexibility index (Phi) is 8.03. The fourth-order valence-electron chi connectivity index (χ4n) is 3.19. The van der Waals surface area contributed by atoms with Crippen molar-refractivity contribution < 1.29 is 31.1 Å². The molecule has 12 heteroatoms. The van der Waals surface area contributed by atoms with Gasteiger partial charge in [0.05, 0.1) is 17.9 Å². The monoisotopic (exact) mass is 504 g/mol. The second kappa shape index (κ2) is 11.0. The van der Waals surface area contributed by atoms with Gasteiger partial charge in [0, 0.05) is 13.1 Å². The van der Waals surface area contributed by atoms with Gasteiger partial charge in [0.2, 0.25) is 10.0 Å². The van der Waals surface area contributed by atoms with Gasteiger partial charge in [0.1, 0.15) is 11.5 Å². The van der Waals surface area contributed by atoms with Gasteiger partial charge < -0.3 is 14.1 Å². The number of sulfonamides is 1. The van der Waals surface area contributed by atoms with Gasteiger partial charge in [-0.1, -0.05) is 24.3 Å². The van der Waals surface area contributed by atoms with Crippen molar-refractivity contribution >= 4 is 21.9 Å². The molecule has 0 aliphatic carbocycles. The molecule has 0 aliphatic heterocycles. The number of nitrogens with zero attached hydrogens (tertiary/aromatic N) is 3. The minimum atomic E-state index is -3.80. The molecule has 1 N–H and O–H groups in total. The number of hydrogen-bond donors (Lipinski definition) is 1. The van der Waals surface area contributed by atoms with Gasteiger partial charge in [0.15, 0.2) is 5.69 Å². The quantitative estimate of drug-likeness (QED) is 0.445. The number of alkyl halides is 2. The third-order valence-corrected chi connectivity index (χ3v) is 5.38. The number of halogens is 2. The third kappa shape index (κ3) is 7.51. The topological polar surface area (TPSA) is 126 Å². The highest BCUT2D eigenvalue weighted by molar-refractivity contribution is 7.89. The SMILES string of the molecule is Cc1oc(N(CCc2ccc(C#N)cc2)Cc2ccc(OC(F)F)cc2)nc1C(=O)NS(C)(=O)=O. The first kappa shape index (κ1) is 25.6. The Morgan fingerprint density at radius 2 is 1.80 bits per heavy atom. The minimum absolute atomic E-state index is 0.0135. The number of nitrogens with one attached hydrogen (secondary N) is 1. The summed E-state index contributed by atoms with van der Waals surface area (Å²) in [5, 5.41) is 8.97. The molecular weight excluding hydrogens is 482 g/mol. The number of ether oxygens (including phenoxy) is 1. The summed E-state index contributed by atoms with van der Waals surface area (Å²) >= 11 is 0. The minimum Gasteiger partial charge on any atom is -0.435 e.